The van der Waals surface area contributed by atoms with Crippen molar-refractivity contribution in [2.24, 2.45) is 0 Å². The number of halogens is 1. The third kappa shape index (κ3) is 3.31. The van der Waals surface area contributed by atoms with Gasteiger partial charge in [0.1, 0.15) is 10.5 Å². The lowest BCUT2D eigenvalue weighted by molar-refractivity contribution is 0.888. The number of hydrogen-bond acceptors (Lipinski definition) is 2. The second-order valence-corrected chi connectivity index (χ2v) is 5.91. The van der Waals surface area contributed by atoms with Gasteiger partial charge in [-0.3, -0.25) is 0 Å². The van der Waals surface area contributed by atoms with Crippen molar-refractivity contribution >= 4 is 28.1 Å². The Morgan fingerprint density at radius 3 is 2.63 bits per heavy atom. The second-order valence-electron chi connectivity index (χ2n) is 4.73. The molecule has 2 rings (SSSR count). The van der Waals surface area contributed by atoms with E-state index >= 15 is 0 Å². The first-order chi connectivity index (χ1) is 9.01. The molecule has 1 heterocycles. The van der Waals surface area contributed by atoms with Gasteiger partial charge >= 0.3 is 0 Å². The van der Waals surface area contributed by atoms with Crippen molar-refractivity contribution in [3.8, 4) is 0 Å². The summed E-state index contributed by atoms with van der Waals surface area (Å²) in [6, 6.07) is 6.51. The van der Waals surface area contributed by atoms with E-state index in [1.54, 1.807) is 0 Å². The highest BCUT2D eigenvalue weighted by atomic mass is 79.9. The molecule has 2 aromatic rings. The van der Waals surface area contributed by atoms with Gasteiger partial charge < -0.3 is 4.98 Å². The van der Waals surface area contributed by atoms with Gasteiger partial charge in [0, 0.05) is 12.1 Å². The summed E-state index contributed by atoms with van der Waals surface area (Å²) in [4.78, 5) is 7.80. The zero-order valence-corrected chi connectivity index (χ0v) is 13.8. The Hall–Kier alpha value is -1.00. The van der Waals surface area contributed by atoms with Gasteiger partial charge in [0.15, 0.2) is 0 Å². The molecule has 0 amide bonds. The summed E-state index contributed by atoms with van der Waals surface area (Å²) in [6.45, 7) is 6.36. The smallest absolute Gasteiger partial charge is 0.144 e. The van der Waals surface area contributed by atoms with Crippen LogP contribution in [0.5, 0.6) is 0 Å². The lowest BCUT2D eigenvalue weighted by atomic mass is 10.0. The first-order valence-electron chi connectivity index (χ1n) is 6.35. The second kappa shape index (κ2) is 5.97. The van der Waals surface area contributed by atoms with Crippen molar-refractivity contribution < 1.29 is 0 Å². The largest absolute Gasteiger partial charge is 0.346 e. The van der Waals surface area contributed by atoms with E-state index in [0.717, 1.165) is 28.8 Å². The lowest BCUT2D eigenvalue weighted by Gasteiger charge is -2.08. The third-order valence-corrected chi connectivity index (χ3v) is 4.69. The molecule has 100 valence electrons. The van der Waals surface area contributed by atoms with Crippen LogP contribution >= 0.6 is 28.1 Å². The maximum atomic E-state index is 5.28. The Morgan fingerprint density at radius 2 is 2.00 bits per heavy atom. The Labute approximate surface area is 127 Å². The van der Waals surface area contributed by atoms with E-state index in [1.165, 1.54) is 16.7 Å². The number of aryl methyl sites for hydroxylation is 3. The summed E-state index contributed by atoms with van der Waals surface area (Å²) in [6.07, 6.45) is 1.69. The fraction of sp³-hybridized carbons (Fsp3) is 0.333. The topological polar surface area (TPSA) is 28.7 Å². The maximum absolute atomic E-state index is 5.28. The van der Waals surface area contributed by atoms with Crippen molar-refractivity contribution in [1.29, 1.82) is 0 Å². The van der Waals surface area contributed by atoms with Crippen LogP contribution in [0.3, 0.4) is 0 Å². The molecule has 0 unspecified atom stereocenters. The molecule has 0 bridgehead atoms. The number of nitrogens with zero attached hydrogens (tertiary/aromatic N) is 1. The molecule has 19 heavy (non-hydrogen) atoms. The van der Waals surface area contributed by atoms with Gasteiger partial charge in [-0.2, -0.15) is 0 Å². The lowest BCUT2D eigenvalue weighted by Crippen LogP contribution is -2.02. The molecule has 4 heteroatoms. The molecule has 1 aromatic carbocycles. The Balaban J connectivity index is 2.35. The van der Waals surface area contributed by atoms with E-state index in [1.807, 2.05) is 0 Å². The summed E-state index contributed by atoms with van der Waals surface area (Å²) >= 11 is 8.76. The van der Waals surface area contributed by atoms with Gasteiger partial charge in [-0.25, -0.2) is 4.98 Å². The first-order valence-corrected chi connectivity index (χ1v) is 7.55. The molecular weight excluding hydrogens is 320 g/mol. The minimum atomic E-state index is 0.634. The summed E-state index contributed by atoms with van der Waals surface area (Å²) in [7, 11) is 0. The molecule has 0 spiro atoms. The summed E-state index contributed by atoms with van der Waals surface area (Å²) < 4.78 is 1.54. The molecular formula is C15H17BrN2S. The van der Waals surface area contributed by atoms with Gasteiger partial charge in [0.2, 0.25) is 0 Å². The number of nitrogens with one attached hydrogen (secondary N) is 1. The number of H-pyrrole nitrogens is 1. The first kappa shape index (κ1) is 14.4. The van der Waals surface area contributed by atoms with Gasteiger partial charge in [-0.1, -0.05) is 37.3 Å². The zero-order valence-electron chi connectivity index (χ0n) is 11.4. The summed E-state index contributed by atoms with van der Waals surface area (Å²) in [5.41, 5.74) is 4.99. The molecule has 0 aliphatic heterocycles. The van der Waals surface area contributed by atoms with E-state index in [0.29, 0.717) is 4.64 Å². The standard InChI is InChI=1S/C15H17BrN2S/c1-4-12-14(16)15(19)18-13(17-12)8-11-6-5-9(2)10(3)7-11/h5-7H,4,8H2,1-3H3,(H,17,18,19). The maximum Gasteiger partial charge on any atom is 0.144 e. The monoisotopic (exact) mass is 336 g/mol. The Morgan fingerprint density at radius 1 is 1.26 bits per heavy atom. The average Bonchev–Trinajstić information content (AvgIpc) is 2.38. The van der Waals surface area contributed by atoms with E-state index in [2.05, 4.69) is 64.9 Å². The van der Waals surface area contributed by atoms with Crippen molar-refractivity contribution in [2.75, 3.05) is 0 Å². The molecule has 0 radical (unpaired) electrons. The quantitative estimate of drug-likeness (QED) is 0.825. The van der Waals surface area contributed by atoms with Gasteiger partial charge in [-0.05, 0) is 52.9 Å². The molecule has 1 N–H and O–H groups in total. The number of hydrogen-bond donors (Lipinski definition) is 1. The van der Waals surface area contributed by atoms with Crippen molar-refractivity contribution in [2.45, 2.75) is 33.6 Å². The van der Waals surface area contributed by atoms with Crippen LogP contribution in [0.1, 0.15) is 35.1 Å². The number of aromatic amines is 1. The Bertz CT molecular complexity index is 662. The van der Waals surface area contributed by atoms with Crippen LogP contribution < -0.4 is 0 Å². The van der Waals surface area contributed by atoms with Crippen LogP contribution in [0, 0.1) is 18.5 Å². The van der Waals surface area contributed by atoms with Crippen LogP contribution in [-0.2, 0) is 12.8 Å². The van der Waals surface area contributed by atoms with Crippen molar-refractivity contribution in [3.63, 3.8) is 0 Å². The predicted octanol–water partition coefficient (Wildman–Crippen LogP) is 4.67. The minimum Gasteiger partial charge on any atom is -0.346 e. The molecule has 1 aromatic heterocycles. The zero-order chi connectivity index (χ0) is 14.0. The molecule has 0 fully saturated rings. The van der Waals surface area contributed by atoms with Crippen LogP contribution in [0.25, 0.3) is 0 Å². The molecule has 0 saturated carbocycles. The van der Waals surface area contributed by atoms with Crippen molar-refractivity contribution in [3.05, 3.63) is 55.5 Å². The Kier molecular flexibility index (Phi) is 4.53. The van der Waals surface area contributed by atoms with Gasteiger partial charge in [0.25, 0.3) is 0 Å². The SMILES string of the molecule is CCc1[nH]c(Cc2ccc(C)c(C)c2)nc(=S)c1Br. The average molecular weight is 337 g/mol. The highest BCUT2D eigenvalue weighted by Crippen LogP contribution is 2.18. The molecule has 0 atom stereocenters. The number of rotatable bonds is 3. The third-order valence-electron chi connectivity index (χ3n) is 3.28. The highest BCUT2D eigenvalue weighted by Gasteiger charge is 2.06. The molecule has 2 nitrogen and oxygen atoms in total. The highest BCUT2D eigenvalue weighted by molar-refractivity contribution is 9.10. The summed E-state index contributed by atoms with van der Waals surface area (Å²) in [5, 5.41) is 0. The van der Waals surface area contributed by atoms with E-state index in [9.17, 15) is 0 Å². The number of benzene rings is 1. The molecule has 0 saturated heterocycles. The van der Waals surface area contributed by atoms with Crippen LogP contribution in [0.4, 0.5) is 0 Å². The van der Waals surface area contributed by atoms with E-state index in [4.69, 9.17) is 12.2 Å². The van der Waals surface area contributed by atoms with Gasteiger partial charge in [0.05, 0.1) is 4.47 Å². The molecule has 0 aliphatic rings. The predicted molar refractivity (Wildman–Crippen MR) is 85.2 cm³/mol. The summed E-state index contributed by atoms with van der Waals surface area (Å²) in [5.74, 6) is 0.924. The fourth-order valence-electron chi connectivity index (χ4n) is 1.99. The normalized spacial score (nSPS) is 10.7. The van der Waals surface area contributed by atoms with E-state index in [-0.39, 0.29) is 0 Å². The van der Waals surface area contributed by atoms with Crippen molar-refractivity contribution in [1.82, 2.24) is 9.97 Å². The van der Waals surface area contributed by atoms with Crippen LogP contribution in [-0.4, -0.2) is 9.97 Å². The fourth-order valence-corrected chi connectivity index (χ4v) is 2.69. The number of aromatic nitrogens is 2. The van der Waals surface area contributed by atoms with Gasteiger partial charge in [-0.15, -0.1) is 0 Å². The van der Waals surface area contributed by atoms with E-state index < -0.39 is 0 Å². The minimum absolute atomic E-state index is 0.634. The van der Waals surface area contributed by atoms with Crippen LogP contribution in [0.15, 0.2) is 22.7 Å². The molecule has 0 aliphatic carbocycles. The van der Waals surface area contributed by atoms with Crippen LogP contribution in [0.2, 0.25) is 0 Å².